The number of aromatic nitrogens is 2. The van der Waals surface area contributed by atoms with Gasteiger partial charge in [0.05, 0.1) is 13.2 Å². The molecule has 0 amide bonds. The standard InChI is InChI=1S/C21H24N4O/c1-26-20-10-6-5-9-18(20)19-14-22-11-12-25(19)15-17-13-23-21(24-17)16-7-3-2-4-8-16/h2-10,13,19,22H,11-12,14-15H2,1H3,(H,23,24). The van der Waals surface area contributed by atoms with E-state index in [1.807, 2.05) is 36.5 Å². The van der Waals surface area contributed by atoms with E-state index in [1.165, 1.54) is 5.56 Å². The van der Waals surface area contributed by atoms with Crippen LogP contribution in [0.25, 0.3) is 11.4 Å². The summed E-state index contributed by atoms with van der Waals surface area (Å²) in [5.74, 6) is 1.87. The zero-order chi connectivity index (χ0) is 17.8. The Kier molecular flexibility index (Phi) is 5.00. The minimum Gasteiger partial charge on any atom is -0.496 e. The maximum Gasteiger partial charge on any atom is 0.137 e. The number of imidazole rings is 1. The van der Waals surface area contributed by atoms with E-state index in [2.05, 4.69) is 44.5 Å². The fourth-order valence-corrected chi connectivity index (χ4v) is 3.58. The fraction of sp³-hybridized carbons (Fsp3) is 0.286. The first-order valence-electron chi connectivity index (χ1n) is 9.02. The number of rotatable bonds is 5. The number of nitrogens with zero attached hydrogens (tertiary/aromatic N) is 2. The number of hydrogen-bond donors (Lipinski definition) is 2. The molecule has 0 radical (unpaired) electrons. The average Bonchev–Trinajstić information content (AvgIpc) is 3.18. The van der Waals surface area contributed by atoms with Crippen LogP contribution in [0.3, 0.4) is 0 Å². The van der Waals surface area contributed by atoms with E-state index < -0.39 is 0 Å². The molecular weight excluding hydrogens is 324 g/mol. The van der Waals surface area contributed by atoms with Crippen LogP contribution in [0.2, 0.25) is 0 Å². The normalized spacial score (nSPS) is 18.0. The topological polar surface area (TPSA) is 53.2 Å². The van der Waals surface area contributed by atoms with E-state index in [4.69, 9.17) is 4.74 Å². The van der Waals surface area contributed by atoms with Crippen molar-refractivity contribution in [3.8, 4) is 17.1 Å². The van der Waals surface area contributed by atoms with Crippen LogP contribution >= 0.6 is 0 Å². The maximum absolute atomic E-state index is 5.58. The Morgan fingerprint density at radius 2 is 1.92 bits per heavy atom. The second-order valence-corrected chi connectivity index (χ2v) is 6.56. The van der Waals surface area contributed by atoms with Crippen molar-refractivity contribution in [2.24, 2.45) is 0 Å². The maximum atomic E-state index is 5.58. The predicted molar refractivity (Wildman–Crippen MR) is 103 cm³/mol. The minimum atomic E-state index is 0.281. The van der Waals surface area contributed by atoms with Gasteiger partial charge in [0, 0.05) is 49.2 Å². The summed E-state index contributed by atoms with van der Waals surface area (Å²) in [6.45, 7) is 3.73. The van der Waals surface area contributed by atoms with Crippen LogP contribution in [-0.4, -0.2) is 41.6 Å². The van der Waals surface area contributed by atoms with Crippen molar-refractivity contribution in [1.29, 1.82) is 0 Å². The SMILES string of the molecule is COc1ccccc1C1CNCCN1Cc1cnc(-c2ccccc2)[nH]1. The molecule has 0 saturated carbocycles. The predicted octanol–water partition coefficient (Wildman–Crippen LogP) is 3.23. The Morgan fingerprint density at radius 3 is 2.77 bits per heavy atom. The second-order valence-electron chi connectivity index (χ2n) is 6.56. The lowest BCUT2D eigenvalue weighted by atomic mass is 10.0. The highest BCUT2D eigenvalue weighted by atomic mass is 16.5. The summed E-state index contributed by atoms with van der Waals surface area (Å²) >= 11 is 0. The van der Waals surface area contributed by atoms with Gasteiger partial charge in [0.2, 0.25) is 0 Å². The molecule has 5 nitrogen and oxygen atoms in total. The van der Waals surface area contributed by atoms with Gasteiger partial charge in [-0.1, -0.05) is 48.5 Å². The smallest absolute Gasteiger partial charge is 0.137 e. The lowest BCUT2D eigenvalue weighted by Crippen LogP contribution is -2.45. The van der Waals surface area contributed by atoms with E-state index in [1.54, 1.807) is 7.11 Å². The monoisotopic (exact) mass is 348 g/mol. The van der Waals surface area contributed by atoms with E-state index in [0.29, 0.717) is 0 Å². The van der Waals surface area contributed by atoms with Gasteiger partial charge in [-0.05, 0) is 6.07 Å². The highest BCUT2D eigenvalue weighted by Crippen LogP contribution is 2.31. The highest BCUT2D eigenvalue weighted by molar-refractivity contribution is 5.54. The Morgan fingerprint density at radius 1 is 1.12 bits per heavy atom. The molecule has 0 aliphatic carbocycles. The van der Waals surface area contributed by atoms with E-state index in [-0.39, 0.29) is 6.04 Å². The van der Waals surface area contributed by atoms with Crippen molar-refractivity contribution in [1.82, 2.24) is 20.2 Å². The summed E-state index contributed by atoms with van der Waals surface area (Å²) < 4.78 is 5.58. The number of aromatic amines is 1. The third-order valence-electron chi connectivity index (χ3n) is 4.90. The first-order chi connectivity index (χ1) is 12.8. The third-order valence-corrected chi connectivity index (χ3v) is 4.90. The average molecular weight is 348 g/mol. The number of H-pyrrole nitrogens is 1. The number of nitrogens with one attached hydrogen (secondary N) is 2. The summed E-state index contributed by atoms with van der Waals surface area (Å²) in [6.07, 6.45) is 1.95. The fourth-order valence-electron chi connectivity index (χ4n) is 3.58. The number of methoxy groups -OCH3 is 1. The molecule has 4 rings (SSSR count). The molecule has 5 heteroatoms. The molecule has 2 N–H and O–H groups in total. The van der Waals surface area contributed by atoms with Gasteiger partial charge in [-0.3, -0.25) is 4.90 Å². The molecule has 134 valence electrons. The molecule has 1 aromatic heterocycles. The second kappa shape index (κ2) is 7.72. The van der Waals surface area contributed by atoms with Gasteiger partial charge in [0.1, 0.15) is 11.6 Å². The zero-order valence-electron chi connectivity index (χ0n) is 15.0. The van der Waals surface area contributed by atoms with Gasteiger partial charge < -0.3 is 15.0 Å². The van der Waals surface area contributed by atoms with Crippen LogP contribution < -0.4 is 10.1 Å². The summed E-state index contributed by atoms with van der Waals surface area (Å²) in [7, 11) is 1.74. The highest BCUT2D eigenvalue weighted by Gasteiger charge is 2.26. The van der Waals surface area contributed by atoms with Gasteiger partial charge in [-0.25, -0.2) is 4.98 Å². The van der Waals surface area contributed by atoms with Gasteiger partial charge in [0.25, 0.3) is 0 Å². The minimum absolute atomic E-state index is 0.281. The van der Waals surface area contributed by atoms with E-state index in [0.717, 1.165) is 49.0 Å². The van der Waals surface area contributed by atoms with Gasteiger partial charge in [-0.15, -0.1) is 0 Å². The molecule has 3 aromatic rings. The molecule has 0 spiro atoms. The number of ether oxygens (including phenoxy) is 1. The lowest BCUT2D eigenvalue weighted by Gasteiger charge is -2.36. The molecule has 2 heterocycles. The number of para-hydroxylation sites is 1. The summed E-state index contributed by atoms with van der Waals surface area (Å²) in [5, 5.41) is 3.51. The molecule has 1 aliphatic rings. The van der Waals surface area contributed by atoms with Crippen molar-refractivity contribution < 1.29 is 4.74 Å². The van der Waals surface area contributed by atoms with Crippen molar-refractivity contribution in [2.45, 2.75) is 12.6 Å². The number of hydrogen-bond acceptors (Lipinski definition) is 4. The zero-order valence-corrected chi connectivity index (χ0v) is 15.0. The van der Waals surface area contributed by atoms with Crippen LogP contribution in [0.5, 0.6) is 5.75 Å². The molecule has 1 fully saturated rings. The van der Waals surface area contributed by atoms with Crippen LogP contribution in [0.4, 0.5) is 0 Å². The van der Waals surface area contributed by atoms with Crippen LogP contribution in [0.15, 0.2) is 60.8 Å². The van der Waals surface area contributed by atoms with Crippen LogP contribution in [-0.2, 0) is 6.54 Å². The van der Waals surface area contributed by atoms with Crippen molar-refractivity contribution >= 4 is 0 Å². The summed E-state index contributed by atoms with van der Waals surface area (Å²) in [4.78, 5) is 10.5. The largest absolute Gasteiger partial charge is 0.496 e. The van der Waals surface area contributed by atoms with Crippen molar-refractivity contribution in [3.63, 3.8) is 0 Å². The summed E-state index contributed by atoms with van der Waals surface area (Å²) in [5.41, 5.74) is 3.47. The van der Waals surface area contributed by atoms with Crippen molar-refractivity contribution in [3.05, 3.63) is 72.1 Å². The Balaban J connectivity index is 1.55. The first kappa shape index (κ1) is 16.8. The van der Waals surface area contributed by atoms with E-state index >= 15 is 0 Å². The molecule has 26 heavy (non-hydrogen) atoms. The lowest BCUT2D eigenvalue weighted by molar-refractivity contribution is 0.149. The summed E-state index contributed by atoms with van der Waals surface area (Å²) in [6, 6.07) is 18.8. The molecular formula is C21H24N4O. The van der Waals surface area contributed by atoms with Gasteiger partial charge in [0.15, 0.2) is 0 Å². The molecule has 1 unspecified atom stereocenters. The van der Waals surface area contributed by atoms with Crippen molar-refractivity contribution in [2.75, 3.05) is 26.7 Å². The molecule has 0 bridgehead atoms. The Labute approximate surface area is 154 Å². The third kappa shape index (κ3) is 3.49. The Bertz CT molecular complexity index is 846. The quantitative estimate of drug-likeness (QED) is 0.743. The van der Waals surface area contributed by atoms with E-state index in [9.17, 15) is 0 Å². The van der Waals surface area contributed by atoms with Crippen LogP contribution in [0.1, 0.15) is 17.3 Å². The van der Waals surface area contributed by atoms with Gasteiger partial charge in [-0.2, -0.15) is 0 Å². The molecule has 1 atom stereocenters. The Hall–Kier alpha value is -2.63. The molecule has 1 saturated heterocycles. The number of benzene rings is 2. The number of piperazine rings is 1. The molecule has 1 aliphatic heterocycles. The first-order valence-corrected chi connectivity index (χ1v) is 9.02. The molecule has 2 aromatic carbocycles. The van der Waals surface area contributed by atoms with Gasteiger partial charge >= 0.3 is 0 Å². The van der Waals surface area contributed by atoms with Crippen LogP contribution in [0, 0.1) is 0 Å².